The molecule has 0 saturated carbocycles. The van der Waals surface area contributed by atoms with Crippen LogP contribution in [0.5, 0.6) is 0 Å². The summed E-state index contributed by atoms with van der Waals surface area (Å²) in [4.78, 5) is 11.2. The Balaban J connectivity index is 1.97. The topological polar surface area (TPSA) is 29.0 Å². The molecule has 0 spiro atoms. The third kappa shape index (κ3) is 4.41. The molecule has 0 aliphatic heterocycles. The van der Waals surface area contributed by atoms with Gasteiger partial charge in [0.15, 0.2) is 0 Å². The first kappa shape index (κ1) is 17.2. The molecule has 0 aliphatic rings. The van der Waals surface area contributed by atoms with E-state index < -0.39 is 11.7 Å². The van der Waals surface area contributed by atoms with Gasteiger partial charge in [-0.05, 0) is 26.5 Å². The van der Waals surface area contributed by atoms with Crippen LogP contribution in [-0.2, 0) is 19.1 Å². The van der Waals surface area contributed by atoms with E-state index in [1.165, 1.54) is 4.88 Å². The van der Waals surface area contributed by atoms with Crippen LogP contribution in [0.1, 0.15) is 21.8 Å². The van der Waals surface area contributed by atoms with Crippen LogP contribution in [0, 0.1) is 6.92 Å². The average Bonchev–Trinajstić information content (AvgIpc) is 2.83. The number of thiazole rings is 1. The predicted molar refractivity (Wildman–Crippen MR) is 81.1 cm³/mol. The molecule has 8 heteroatoms. The Morgan fingerprint density at radius 2 is 2.05 bits per heavy atom. The van der Waals surface area contributed by atoms with Crippen molar-refractivity contribution in [2.45, 2.75) is 26.1 Å². The van der Waals surface area contributed by atoms with E-state index in [2.05, 4.69) is 9.97 Å². The summed E-state index contributed by atoms with van der Waals surface area (Å²) < 4.78 is 37.7. The maximum atomic E-state index is 12.6. The zero-order valence-corrected chi connectivity index (χ0v) is 13.7. The normalized spacial score (nSPS) is 12.1. The van der Waals surface area contributed by atoms with Gasteiger partial charge in [0.2, 0.25) is 0 Å². The van der Waals surface area contributed by atoms with Crippen LogP contribution in [0.25, 0.3) is 0 Å². The number of nitrogens with zero attached hydrogens (tertiary/aromatic N) is 3. The van der Waals surface area contributed by atoms with Gasteiger partial charge >= 0.3 is 6.18 Å². The van der Waals surface area contributed by atoms with Crippen molar-refractivity contribution in [1.29, 1.82) is 0 Å². The zero-order chi connectivity index (χ0) is 16.3. The lowest BCUT2D eigenvalue weighted by Crippen LogP contribution is -2.21. The lowest BCUT2D eigenvalue weighted by Gasteiger charge is -2.17. The second kappa shape index (κ2) is 6.93. The summed E-state index contributed by atoms with van der Waals surface area (Å²) in [6.45, 7) is 3.11. The zero-order valence-electron chi connectivity index (χ0n) is 12.1. The minimum Gasteiger partial charge on any atom is -0.300 e. The van der Waals surface area contributed by atoms with Gasteiger partial charge in [0.25, 0.3) is 0 Å². The van der Waals surface area contributed by atoms with E-state index in [9.17, 15) is 13.2 Å². The molecule has 0 N–H and O–H groups in total. The van der Waals surface area contributed by atoms with Crippen molar-refractivity contribution in [2.75, 3.05) is 13.6 Å². The molecule has 0 amide bonds. The summed E-state index contributed by atoms with van der Waals surface area (Å²) in [5.41, 5.74) is 2.44. The van der Waals surface area contributed by atoms with Gasteiger partial charge in [-0.2, -0.15) is 13.2 Å². The smallest absolute Gasteiger partial charge is 0.300 e. The molecular formula is C14H15ClF3N3S. The third-order valence-electron chi connectivity index (χ3n) is 3.23. The molecule has 2 aromatic rings. The second-order valence-corrected chi connectivity index (χ2v) is 6.35. The minimum atomic E-state index is -4.43. The van der Waals surface area contributed by atoms with Crippen LogP contribution in [0.15, 0.2) is 17.8 Å². The Labute approximate surface area is 135 Å². The largest absolute Gasteiger partial charge is 0.417 e. The number of halogens is 4. The summed E-state index contributed by atoms with van der Waals surface area (Å²) >= 11 is 7.51. The Morgan fingerprint density at radius 1 is 1.32 bits per heavy atom. The number of rotatable bonds is 5. The number of likely N-dealkylation sites (N-methyl/N-ethyl adjacent to an activating group) is 1. The van der Waals surface area contributed by atoms with Gasteiger partial charge < -0.3 is 4.90 Å². The fourth-order valence-electron chi connectivity index (χ4n) is 1.93. The van der Waals surface area contributed by atoms with E-state index in [0.717, 1.165) is 30.9 Å². The van der Waals surface area contributed by atoms with E-state index in [1.54, 1.807) is 16.8 Å². The fourth-order valence-corrected chi connectivity index (χ4v) is 2.93. The summed E-state index contributed by atoms with van der Waals surface area (Å²) in [6, 6.07) is 0.922. The van der Waals surface area contributed by atoms with Crippen molar-refractivity contribution in [3.05, 3.63) is 44.6 Å². The van der Waals surface area contributed by atoms with Crippen LogP contribution in [0.3, 0.4) is 0 Å². The summed E-state index contributed by atoms with van der Waals surface area (Å²) in [5, 5.41) is 0.0376. The molecule has 0 atom stereocenters. The first-order valence-corrected chi connectivity index (χ1v) is 7.82. The summed E-state index contributed by atoms with van der Waals surface area (Å²) in [7, 11) is 1.88. The Morgan fingerprint density at radius 3 is 2.59 bits per heavy atom. The van der Waals surface area contributed by atoms with Crippen LogP contribution < -0.4 is 0 Å². The maximum Gasteiger partial charge on any atom is 0.417 e. The van der Waals surface area contributed by atoms with Gasteiger partial charge in [0.1, 0.15) is 0 Å². The molecule has 2 heterocycles. The molecule has 2 aromatic heterocycles. The second-order valence-electron chi connectivity index (χ2n) is 5.00. The minimum absolute atomic E-state index is 0.0376. The molecule has 22 heavy (non-hydrogen) atoms. The summed E-state index contributed by atoms with van der Waals surface area (Å²) in [6.07, 6.45) is -2.77. The van der Waals surface area contributed by atoms with Crippen LogP contribution in [0.4, 0.5) is 13.2 Å². The van der Waals surface area contributed by atoms with Crippen molar-refractivity contribution in [3.8, 4) is 0 Å². The van der Waals surface area contributed by atoms with Crippen LogP contribution in [0.2, 0.25) is 5.02 Å². The first-order valence-electron chi connectivity index (χ1n) is 6.56. The number of hydrogen-bond acceptors (Lipinski definition) is 4. The molecule has 0 radical (unpaired) electrons. The van der Waals surface area contributed by atoms with E-state index in [-0.39, 0.29) is 5.02 Å². The van der Waals surface area contributed by atoms with Crippen molar-refractivity contribution in [3.63, 3.8) is 0 Å². The van der Waals surface area contributed by atoms with E-state index in [4.69, 9.17) is 11.6 Å². The molecule has 0 fully saturated rings. The fraction of sp³-hybridized carbons (Fsp3) is 0.429. The van der Waals surface area contributed by atoms with Crippen molar-refractivity contribution in [2.24, 2.45) is 0 Å². The van der Waals surface area contributed by atoms with Crippen molar-refractivity contribution < 1.29 is 13.2 Å². The van der Waals surface area contributed by atoms with Gasteiger partial charge in [-0.25, -0.2) is 4.98 Å². The molecule has 0 saturated heterocycles. The van der Waals surface area contributed by atoms with E-state index in [0.29, 0.717) is 12.2 Å². The van der Waals surface area contributed by atoms with E-state index >= 15 is 0 Å². The lowest BCUT2D eigenvalue weighted by molar-refractivity contribution is -0.137. The van der Waals surface area contributed by atoms with Crippen LogP contribution >= 0.6 is 22.9 Å². The van der Waals surface area contributed by atoms with Gasteiger partial charge in [-0.3, -0.25) is 4.98 Å². The molecule has 0 aromatic carbocycles. The SMILES string of the molecule is Cc1ncsc1CCN(C)Cc1ncc(C(F)(F)F)cc1Cl. The van der Waals surface area contributed by atoms with Crippen LogP contribution in [-0.4, -0.2) is 28.5 Å². The van der Waals surface area contributed by atoms with Crippen molar-refractivity contribution >= 4 is 22.9 Å². The number of hydrogen-bond donors (Lipinski definition) is 0. The van der Waals surface area contributed by atoms with Gasteiger partial charge in [0.05, 0.1) is 27.5 Å². The molecular weight excluding hydrogens is 335 g/mol. The number of aryl methyl sites for hydroxylation is 1. The highest BCUT2D eigenvalue weighted by Crippen LogP contribution is 2.31. The molecule has 0 aliphatic carbocycles. The monoisotopic (exact) mass is 349 g/mol. The number of aromatic nitrogens is 2. The molecule has 3 nitrogen and oxygen atoms in total. The summed E-state index contributed by atoms with van der Waals surface area (Å²) in [5.74, 6) is 0. The number of alkyl halides is 3. The molecule has 120 valence electrons. The quantitative estimate of drug-likeness (QED) is 0.810. The Hall–Kier alpha value is -1.18. The highest BCUT2D eigenvalue weighted by atomic mass is 35.5. The molecule has 2 rings (SSSR count). The Kier molecular flexibility index (Phi) is 5.41. The predicted octanol–water partition coefficient (Wildman–Crippen LogP) is 4.19. The Bertz CT molecular complexity index is 643. The lowest BCUT2D eigenvalue weighted by atomic mass is 10.2. The number of pyridine rings is 1. The molecule has 0 unspecified atom stereocenters. The highest BCUT2D eigenvalue weighted by Gasteiger charge is 2.31. The van der Waals surface area contributed by atoms with Gasteiger partial charge in [-0.15, -0.1) is 11.3 Å². The van der Waals surface area contributed by atoms with Gasteiger partial charge in [-0.1, -0.05) is 11.6 Å². The third-order valence-corrected chi connectivity index (χ3v) is 4.55. The van der Waals surface area contributed by atoms with Gasteiger partial charge in [0, 0.05) is 24.2 Å². The van der Waals surface area contributed by atoms with Crippen molar-refractivity contribution in [1.82, 2.24) is 14.9 Å². The first-order chi connectivity index (χ1) is 10.3. The average molecular weight is 350 g/mol. The molecule has 0 bridgehead atoms. The standard InChI is InChI=1S/C14H15ClF3N3S/c1-9-13(22-8-20-9)3-4-21(2)7-12-11(15)5-10(6-19-12)14(16,17)18/h5-6,8H,3-4,7H2,1-2H3. The van der Waals surface area contributed by atoms with E-state index in [1.807, 2.05) is 18.9 Å². The highest BCUT2D eigenvalue weighted by molar-refractivity contribution is 7.09. The maximum absolute atomic E-state index is 12.6.